The smallest absolute Gasteiger partial charge is 0.235 e. The summed E-state index contributed by atoms with van der Waals surface area (Å²) in [5.41, 5.74) is 0.868. The van der Waals surface area contributed by atoms with Crippen molar-refractivity contribution in [2.24, 2.45) is 0 Å². The molecule has 1 unspecified atom stereocenters. The van der Waals surface area contributed by atoms with Crippen molar-refractivity contribution < 1.29 is 9.53 Å². The lowest BCUT2D eigenvalue weighted by Crippen LogP contribution is -2.37. The Hall–Kier alpha value is -2.02. The van der Waals surface area contributed by atoms with Gasteiger partial charge in [-0.1, -0.05) is 36.7 Å². The number of para-hydroxylation sites is 2. The van der Waals surface area contributed by atoms with Crippen LogP contribution in [0.1, 0.15) is 32.6 Å². The molecule has 0 saturated carbocycles. The van der Waals surface area contributed by atoms with E-state index in [4.69, 9.17) is 4.74 Å². The van der Waals surface area contributed by atoms with Crippen LogP contribution in [-0.4, -0.2) is 51.0 Å². The fourth-order valence-electron chi connectivity index (χ4n) is 3.06. The second-order valence-corrected chi connectivity index (χ2v) is 7.46. The molecule has 2 heterocycles. The molecule has 1 aliphatic rings. The lowest BCUT2D eigenvalue weighted by Gasteiger charge is -2.23. The topological polar surface area (TPSA) is 60.2 Å². The van der Waals surface area contributed by atoms with E-state index in [2.05, 4.69) is 10.2 Å². The van der Waals surface area contributed by atoms with Crippen molar-refractivity contribution >= 4 is 17.7 Å². The Labute approximate surface area is 152 Å². The first-order valence-corrected chi connectivity index (χ1v) is 9.57. The van der Waals surface area contributed by atoms with Crippen LogP contribution in [0.2, 0.25) is 0 Å². The average molecular weight is 360 g/mol. The Morgan fingerprint density at radius 2 is 1.92 bits per heavy atom. The summed E-state index contributed by atoms with van der Waals surface area (Å²) in [4.78, 5) is 14.8. The van der Waals surface area contributed by atoms with Gasteiger partial charge < -0.3 is 9.64 Å². The molecular formula is C18H24N4O2S. The van der Waals surface area contributed by atoms with Crippen molar-refractivity contribution in [3.8, 4) is 11.4 Å². The standard InChI is InChI=1S/C18H24N4O2S/c1-14(17(23)21-11-7-3-4-8-12-21)25-18-20-19-13-22(18)15-9-5-6-10-16(15)24-2/h5-6,9-10,13-14H,3-4,7-8,11-12H2,1-2H3. The van der Waals surface area contributed by atoms with E-state index < -0.39 is 0 Å². The summed E-state index contributed by atoms with van der Waals surface area (Å²) in [7, 11) is 1.64. The van der Waals surface area contributed by atoms with Crippen molar-refractivity contribution in [1.29, 1.82) is 0 Å². The highest BCUT2D eigenvalue weighted by atomic mass is 32.2. The first-order chi connectivity index (χ1) is 12.2. The van der Waals surface area contributed by atoms with Gasteiger partial charge >= 0.3 is 0 Å². The average Bonchev–Trinajstić information content (AvgIpc) is 2.92. The van der Waals surface area contributed by atoms with Gasteiger partial charge in [-0.25, -0.2) is 0 Å². The second kappa shape index (κ2) is 8.38. The summed E-state index contributed by atoms with van der Waals surface area (Å²) in [6.45, 7) is 3.67. The highest BCUT2D eigenvalue weighted by molar-refractivity contribution is 8.00. The third-order valence-corrected chi connectivity index (χ3v) is 5.45. The molecule has 3 rings (SSSR count). The first-order valence-electron chi connectivity index (χ1n) is 8.69. The Bertz CT molecular complexity index is 711. The van der Waals surface area contributed by atoms with E-state index >= 15 is 0 Å². The molecule has 6 nitrogen and oxygen atoms in total. The van der Waals surface area contributed by atoms with Crippen molar-refractivity contribution in [1.82, 2.24) is 19.7 Å². The SMILES string of the molecule is COc1ccccc1-n1cnnc1SC(C)C(=O)N1CCCCCC1. The van der Waals surface area contributed by atoms with Crippen LogP contribution in [-0.2, 0) is 4.79 Å². The molecule has 1 amide bonds. The maximum absolute atomic E-state index is 12.8. The van der Waals surface area contributed by atoms with E-state index in [1.165, 1.54) is 24.6 Å². The van der Waals surface area contributed by atoms with Gasteiger partial charge in [0.2, 0.25) is 5.91 Å². The van der Waals surface area contributed by atoms with E-state index in [-0.39, 0.29) is 11.2 Å². The highest BCUT2D eigenvalue weighted by Crippen LogP contribution is 2.29. The Morgan fingerprint density at radius 1 is 1.20 bits per heavy atom. The molecule has 0 radical (unpaired) electrons. The quantitative estimate of drug-likeness (QED) is 0.767. The Balaban J connectivity index is 1.75. The second-order valence-electron chi connectivity index (χ2n) is 6.15. The predicted molar refractivity (Wildman–Crippen MR) is 98.3 cm³/mol. The molecule has 0 spiro atoms. The van der Waals surface area contributed by atoms with Crippen molar-refractivity contribution in [2.45, 2.75) is 43.0 Å². The molecular weight excluding hydrogens is 336 g/mol. The van der Waals surface area contributed by atoms with E-state index in [1.807, 2.05) is 40.7 Å². The summed E-state index contributed by atoms with van der Waals surface area (Å²) in [6.07, 6.45) is 6.28. The number of thioether (sulfide) groups is 1. The number of hydrogen-bond acceptors (Lipinski definition) is 5. The van der Waals surface area contributed by atoms with Crippen LogP contribution in [0.3, 0.4) is 0 Å². The summed E-state index contributed by atoms with van der Waals surface area (Å²) in [5, 5.41) is 8.73. The maximum Gasteiger partial charge on any atom is 0.235 e. The van der Waals surface area contributed by atoms with Crippen LogP contribution in [0.15, 0.2) is 35.7 Å². The molecule has 0 aliphatic carbocycles. The van der Waals surface area contributed by atoms with Gasteiger partial charge in [-0.05, 0) is 31.9 Å². The molecule has 7 heteroatoms. The number of methoxy groups -OCH3 is 1. The summed E-state index contributed by atoms with van der Waals surface area (Å²) >= 11 is 1.44. The normalized spacial score (nSPS) is 16.3. The molecule has 1 aliphatic heterocycles. The molecule has 1 saturated heterocycles. The monoisotopic (exact) mass is 360 g/mol. The fraction of sp³-hybridized carbons (Fsp3) is 0.500. The van der Waals surface area contributed by atoms with E-state index in [9.17, 15) is 4.79 Å². The molecule has 2 aromatic rings. The Kier molecular flexibility index (Phi) is 5.96. The summed E-state index contributed by atoms with van der Waals surface area (Å²) < 4.78 is 7.30. The molecule has 0 bridgehead atoms. The van der Waals surface area contributed by atoms with Gasteiger partial charge in [0.25, 0.3) is 0 Å². The number of aromatic nitrogens is 3. The van der Waals surface area contributed by atoms with E-state index in [0.29, 0.717) is 5.16 Å². The third-order valence-electron chi connectivity index (χ3n) is 4.41. The minimum Gasteiger partial charge on any atom is -0.495 e. The van der Waals surface area contributed by atoms with Crippen molar-refractivity contribution in [2.75, 3.05) is 20.2 Å². The van der Waals surface area contributed by atoms with Crippen LogP contribution in [0, 0.1) is 0 Å². The van der Waals surface area contributed by atoms with Gasteiger partial charge in [0.05, 0.1) is 18.0 Å². The number of carbonyl (C=O) groups is 1. The van der Waals surface area contributed by atoms with Gasteiger partial charge in [0.15, 0.2) is 5.16 Å². The first kappa shape index (κ1) is 17.8. The fourth-order valence-corrected chi connectivity index (χ4v) is 3.97. The van der Waals surface area contributed by atoms with Gasteiger partial charge in [-0.2, -0.15) is 0 Å². The zero-order chi connectivity index (χ0) is 17.6. The van der Waals surface area contributed by atoms with Gasteiger partial charge in [0, 0.05) is 13.1 Å². The predicted octanol–water partition coefficient (Wildman–Crippen LogP) is 3.16. The number of hydrogen-bond donors (Lipinski definition) is 0. The van der Waals surface area contributed by atoms with Crippen LogP contribution in [0.4, 0.5) is 0 Å². The number of amides is 1. The molecule has 1 aromatic carbocycles. The van der Waals surface area contributed by atoms with Crippen LogP contribution in [0.5, 0.6) is 5.75 Å². The molecule has 134 valence electrons. The molecule has 0 N–H and O–H groups in total. The third kappa shape index (κ3) is 4.15. The highest BCUT2D eigenvalue weighted by Gasteiger charge is 2.24. The van der Waals surface area contributed by atoms with E-state index in [1.54, 1.807) is 13.4 Å². The minimum atomic E-state index is -0.198. The molecule has 25 heavy (non-hydrogen) atoms. The minimum absolute atomic E-state index is 0.182. The van der Waals surface area contributed by atoms with Crippen molar-refractivity contribution in [3.05, 3.63) is 30.6 Å². The lowest BCUT2D eigenvalue weighted by atomic mass is 10.2. The number of rotatable bonds is 5. The lowest BCUT2D eigenvalue weighted by molar-refractivity contribution is -0.130. The number of nitrogens with zero attached hydrogens (tertiary/aromatic N) is 4. The zero-order valence-electron chi connectivity index (χ0n) is 14.7. The largest absolute Gasteiger partial charge is 0.495 e. The number of benzene rings is 1. The van der Waals surface area contributed by atoms with E-state index in [0.717, 1.165) is 37.4 Å². The number of ether oxygens (including phenoxy) is 1. The van der Waals surface area contributed by atoms with Crippen LogP contribution >= 0.6 is 11.8 Å². The van der Waals surface area contributed by atoms with Crippen LogP contribution in [0.25, 0.3) is 5.69 Å². The van der Waals surface area contributed by atoms with Crippen LogP contribution < -0.4 is 4.74 Å². The number of likely N-dealkylation sites (tertiary alicyclic amines) is 1. The summed E-state index contributed by atoms with van der Waals surface area (Å²) in [5.74, 6) is 0.928. The molecule has 1 fully saturated rings. The number of carbonyl (C=O) groups excluding carboxylic acids is 1. The van der Waals surface area contributed by atoms with Gasteiger partial charge in [-0.3, -0.25) is 9.36 Å². The zero-order valence-corrected chi connectivity index (χ0v) is 15.5. The van der Waals surface area contributed by atoms with Gasteiger partial charge in [0.1, 0.15) is 12.1 Å². The van der Waals surface area contributed by atoms with Gasteiger partial charge in [-0.15, -0.1) is 10.2 Å². The molecule has 1 aromatic heterocycles. The van der Waals surface area contributed by atoms with Crippen molar-refractivity contribution in [3.63, 3.8) is 0 Å². The summed E-state index contributed by atoms with van der Waals surface area (Å²) in [6, 6.07) is 7.71. The molecule has 1 atom stereocenters. The Morgan fingerprint density at radius 3 is 2.64 bits per heavy atom. The maximum atomic E-state index is 12.8.